The van der Waals surface area contributed by atoms with Crippen molar-refractivity contribution in [3.8, 4) is 0 Å². The first-order valence-electron chi connectivity index (χ1n) is 4.36. The second-order valence-corrected chi connectivity index (χ2v) is 2.91. The van der Waals surface area contributed by atoms with E-state index < -0.39 is 0 Å². The van der Waals surface area contributed by atoms with Crippen LogP contribution in [0.2, 0.25) is 0 Å². The second kappa shape index (κ2) is 5.83. The molecule has 0 aromatic heterocycles. The molecule has 0 saturated carbocycles. The molecule has 3 N–H and O–H groups in total. The average Bonchev–Trinajstić information content (AvgIpc) is 2.12. The van der Waals surface area contributed by atoms with Gasteiger partial charge in [-0.25, -0.2) is 0 Å². The third-order valence-electron chi connectivity index (χ3n) is 2.11. The number of hydrogen-bond donors (Lipinski definition) is 2. The molecular weight excluding hydrogens is 154 g/mol. The third-order valence-corrected chi connectivity index (χ3v) is 2.11. The van der Waals surface area contributed by atoms with Gasteiger partial charge in [0.1, 0.15) is 0 Å². The van der Waals surface area contributed by atoms with Crippen molar-refractivity contribution in [2.24, 2.45) is 10.9 Å². The molecule has 0 heterocycles. The minimum absolute atomic E-state index is 0.275. The van der Waals surface area contributed by atoms with Crippen LogP contribution in [0.4, 0.5) is 0 Å². The van der Waals surface area contributed by atoms with Gasteiger partial charge in [0.05, 0.1) is 6.54 Å². The number of oxime groups is 1. The molecule has 0 saturated heterocycles. The van der Waals surface area contributed by atoms with Gasteiger partial charge in [-0.15, -0.1) is 0 Å². The summed E-state index contributed by atoms with van der Waals surface area (Å²) in [5, 5.41) is 11.3. The summed E-state index contributed by atoms with van der Waals surface area (Å²) in [5.74, 6) is 0.275. The van der Waals surface area contributed by atoms with Crippen molar-refractivity contribution >= 4 is 5.84 Å². The summed E-state index contributed by atoms with van der Waals surface area (Å²) >= 11 is 0. The van der Waals surface area contributed by atoms with Gasteiger partial charge in [-0.2, -0.15) is 0 Å². The molecule has 0 aromatic carbocycles. The maximum Gasteiger partial charge on any atom is 0.153 e. The Morgan fingerprint density at radius 2 is 2.17 bits per heavy atom. The summed E-state index contributed by atoms with van der Waals surface area (Å²) in [4.78, 5) is 2.16. The van der Waals surface area contributed by atoms with E-state index in [9.17, 15) is 0 Å². The normalized spacial score (nSPS) is 15.2. The average molecular weight is 173 g/mol. The summed E-state index contributed by atoms with van der Waals surface area (Å²) in [7, 11) is 0. The number of nitrogens with two attached hydrogens (primary N) is 1. The minimum atomic E-state index is 0.275. The number of likely N-dealkylation sites (N-methyl/N-ethyl adjacent to an activating group) is 1. The number of amidine groups is 1. The third kappa shape index (κ3) is 3.57. The first kappa shape index (κ1) is 11.2. The maximum absolute atomic E-state index is 8.37. The first-order chi connectivity index (χ1) is 5.65. The van der Waals surface area contributed by atoms with E-state index in [-0.39, 0.29) is 5.84 Å². The molecule has 4 heteroatoms. The number of rotatable bonds is 5. The molecule has 0 aliphatic carbocycles. The van der Waals surface area contributed by atoms with Crippen molar-refractivity contribution < 1.29 is 5.21 Å². The lowest BCUT2D eigenvalue weighted by Gasteiger charge is -2.25. The van der Waals surface area contributed by atoms with Gasteiger partial charge < -0.3 is 10.9 Å². The van der Waals surface area contributed by atoms with Crippen LogP contribution in [0.3, 0.4) is 0 Å². The van der Waals surface area contributed by atoms with Crippen molar-refractivity contribution in [1.82, 2.24) is 4.90 Å². The van der Waals surface area contributed by atoms with E-state index >= 15 is 0 Å². The maximum atomic E-state index is 8.37. The largest absolute Gasteiger partial charge is 0.409 e. The molecule has 0 bridgehead atoms. The van der Waals surface area contributed by atoms with Crippen molar-refractivity contribution in [1.29, 1.82) is 0 Å². The van der Waals surface area contributed by atoms with Crippen LogP contribution in [-0.2, 0) is 0 Å². The smallest absolute Gasteiger partial charge is 0.153 e. The van der Waals surface area contributed by atoms with E-state index in [4.69, 9.17) is 10.9 Å². The summed E-state index contributed by atoms with van der Waals surface area (Å²) in [6.45, 7) is 7.79. The zero-order chi connectivity index (χ0) is 9.56. The highest BCUT2D eigenvalue weighted by molar-refractivity contribution is 5.81. The number of hydrogen-bond acceptors (Lipinski definition) is 3. The summed E-state index contributed by atoms with van der Waals surface area (Å²) < 4.78 is 0. The van der Waals surface area contributed by atoms with Crippen LogP contribution < -0.4 is 5.73 Å². The topological polar surface area (TPSA) is 61.8 Å². The molecule has 0 amide bonds. The first-order valence-corrected chi connectivity index (χ1v) is 4.36. The fourth-order valence-electron chi connectivity index (χ4n) is 1.08. The highest BCUT2D eigenvalue weighted by Gasteiger charge is 2.10. The lowest BCUT2D eigenvalue weighted by atomic mass is 10.2. The molecule has 0 radical (unpaired) electrons. The lowest BCUT2D eigenvalue weighted by molar-refractivity contribution is 0.239. The Bertz CT molecular complexity index is 147. The fourth-order valence-corrected chi connectivity index (χ4v) is 1.08. The van der Waals surface area contributed by atoms with Crippen LogP contribution in [0.15, 0.2) is 5.16 Å². The van der Waals surface area contributed by atoms with Gasteiger partial charge >= 0.3 is 0 Å². The predicted octanol–water partition coefficient (Wildman–Crippen LogP) is 0.853. The van der Waals surface area contributed by atoms with Gasteiger partial charge in [0, 0.05) is 6.04 Å². The van der Waals surface area contributed by atoms with Gasteiger partial charge in [-0.1, -0.05) is 19.0 Å². The summed E-state index contributed by atoms with van der Waals surface area (Å²) in [5.41, 5.74) is 5.40. The molecule has 1 atom stereocenters. The van der Waals surface area contributed by atoms with Crippen LogP contribution in [0, 0.1) is 0 Å². The van der Waals surface area contributed by atoms with Crippen molar-refractivity contribution in [2.45, 2.75) is 33.2 Å². The van der Waals surface area contributed by atoms with E-state index in [0.717, 1.165) is 13.0 Å². The molecular formula is C8H19N3O. The monoisotopic (exact) mass is 173 g/mol. The minimum Gasteiger partial charge on any atom is -0.409 e. The molecule has 4 nitrogen and oxygen atoms in total. The predicted molar refractivity (Wildman–Crippen MR) is 50.4 cm³/mol. The highest BCUT2D eigenvalue weighted by atomic mass is 16.4. The van der Waals surface area contributed by atoms with E-state index in [2.05, 4.69) is 30.8 Å². The molecule has 0 aliphatic rings. The molecule has 0 spiro atoms. The molecule has 0 fully saturated rings. The van der Waals surface area contributed by atoms with E-state index in [1.54, 1.807) is 0 Å². The Hall–Kier alpha value is -0.770. The molecule has 12 heavy (non-hydrogen) atoms. The lowest BCUT2D eigenvalue weighted by Crippen LogP contribution is -2.39. The Morgan fingerprint density at radius 1 is 1.58 bits per heavy atom. The Kier molecular flexibility index (Phi) is 5.45. The van der Waals surface area contributed by atoms with Gasteiger partial charge in [0.15, 0.2) is 5.84 Å². The SMILES string of the molecule is CCC(C)N(CC)C/C(N)=N/O. The summed E-state index contributed by atoms with van der Waals surface area (Å²) in [6, 6.07) is 0.482. The Labute approximate surface area is 74.0 Å². The quantitative estimate of drug-likeness (QED) is 0.280. The van der Waals surface area contributed by atoms with E-state index in [1.165, 1.54) is 0 Å². The van der Waals surface area contributed by atoms with Crippen molar-refractivity contribution in [2.75, 3.05) is 13.1 Å². The van der Waals surface area contributed by atoms with Crippen LogP contribution in [0.25, 0.3) is 0 Å². The van der Waals surface area contributed by atoms with Crippen molar-refractivity contribution in [3.63, 3.8) is 0 Å². The molecule has 0 aliphatic heterocycles. The van der Waals surface area contributed by atoms with Crippen LogP contribution in [0.1, 0.15) is 27.2 Å². The van der Waals surface area contributed by atoms with Gasteiger partial charge in [0.2, 0.25) is 0 Å². The Balaban J connectivity index is 3.99. The van der Waals surface area contributed by atoms with Crippen LogP contribution in [-0.4, -0.2) is 35.1 Å². The highest BCUT2D eigenvalue weighted by Crippen LogP contribution is 2.01. The van der Waals surface area contributed by atoms with Crippen molar-refractivity contribution in [3.05, 3.63) is 0 Å². The standard InChI is InChI=1S/C8H19N3O/c1-4-7(3)11(5-2)6-8(9)10-12/h7,12H,4-6H2,1-3H3,(H2,9,10). The summed E-state index contributed by atoms with van der Waals surface area (Å²) in [6.07, 6.45) is 1.08. The fraction of sp³-hybridized carbons (Fsp3) is 0.875. The van der Waals surface area contributed by atoms with Crippen LogP contribution in [0.5, 0.6) is 0 Å². The molecule has 0 aromatic rings. The molecule has 0 rings (SSSR count). The van der Waals surface area contributed by atoms with Crippen LogP contribution >= 0.6 is 0 Å². The van der Waals surface area contributed by atoms with E-state index in [1.807, 2.05) is 0 Å². The van der Waals surface area contributed by atoms with Gasteiger partial charge in [0.25, 0.3) is 0 Å². The zero-order valence-corrected chi connectivity index (χ0v) is 8.12. The van der Waals surface area contributed by atoms with E-state index in [0.29, 0.717) is 12.6 Å². The van der Waals surface area contributed by atoms with Gasteiger partial charge in [-0.05, 0) is 19.9 Å². The van der Waals surface area contributed by atoms with Gasteiger partial charge in [-0.3, -0.25) is 4.90 Å². The zero-order valence-electron chi connectivity index (χ0n) is 8.12. The number of nitrogens with zero attached hydrogens (tertiary/aromatic N) is 2. The molecule has 1 unspecified atom stereocenters. The molecule has 72 valence electrons. The Morgan fingerprint density at radius 3 is 2.50 bits per heavy atom. The second-order valence-electron chi connectivity index (χ2n) is 2.91.